The number of urea groups is 1. The molecule has 0 saturated carbocycles. The Morgan fingerprint density at radius 2 is 1.81 bits per heavy atom. The quantitative estimate of drug-likeness (QED) is 0.593. The SMILES string of the molecule is CC1(c2cc(F)ccc2F)NC(=O)N(CC(O)COc2ccc3ccccc3c2)C1=O. The van der Waals surface area contributed by atoms with E-state index >= 15 is 0 Å². The molecule has 0 aromatic heterocycles. The van der Waals surface area contributed by atoms with E-state index in [9.17, 15) is 23.5 Å². The molecule has 1 saturated heterocycles. The van der Waals surface area contributed by atoms with Crippen molar-refractivity contribution in [2.24, 2.45) is 0 Å². The summed E-state index contributed by atoms with van der Waals surface area (Å²) in [5.41, 5.74) is -2.06. The molecule has 3 amide bonds. The molecule has 8 heteroatoms. The largest absolute Gasteiger partial charge is 0.491 e. The lowest BCUT2D eigenvalue weighted by Gasteiger charge is -2.23. The van der Waals surface area contributed by atoms with Gasteiger partial charge in [-0.1, -0.05) is 30.3 Å². The van der Waals surface area contributed by atoms with Crippen LogP contribution in [0.5, 0.6) is 5.75 Å². The summed E-state index contributed by atoms with van der Waals surface area (Å²) in [4.78, 5) is 26.0. The lowest BCUT2D eigenvalue weighted by Crippen LogP contribution is -2.43. The van der Waals surface area contributed by atoms with Crippen LogP contribution in [-0.2, 0) is 10.3 Å². The molecule has 3 aromatic rings. The predicted octanol–water partition coefficient (Wildman–Crippen LogP) is 3.32. The van der Waals surface area contributed by atoms with E-state index in [0.717, 1.165) is 33.9 Å². The number of amides is 3. The van der Waals surface area contributed by atoms with Gasteiger partial charge in [-0.3, -0.25) is 9.69 Å². The third-order valence-corrected chi connectivity index (χ3v) is 5.30. The van der Waals surface area contributed by atoms with E-state index < -0.39 is 35.2 Å². The molecule has 2 unspecified atom stereocenters. The Morgan fingerprint density at radius 1 is 1.06 bits per heavy atom. The Bertz CT molecular complexity index is 1170. The second-order valence-electron chi connectivity index (χ2n) is 7.57. The number of carbonyl (C=O) groups is 2. The van der Waals surface area contributed by atoms with Gasteiger partial charge >= 0.3 is 6.03 Å². The van der Waals surface area contributed by atoms with E-state index in [0.29, 0.717) is 5.75 Å². The standard InChI is InChI=1S/C23H20F2N2O4/c1-23(19-11-16(24)7-9-20(19)25)21(29)27(22(30)26-23)12-17(28)13-31-18-8-6-14-4-2-3-5-15(14)10-18/h2-11,17,28H,12-13H2,1H3,(H,26,30). The second kappa shape index (κ2) is 7.96. The summed E-state index contributed by atoms with van der Waals surface area (Å²) in [6, 6.07) is 15.1. The second-order valence-corrected chi connectivity index (χ2v) is 7.57. The summed E-state index contributed by atoms with van der Waals surface area (Å²) in [5.74, 6) is -1.81. The molecule has 2 atom stereocenters. The lowest BCUT2D eigenvalue weighted by atomic mass is 9.91. The first kappa shape index (κ1) is 20.7. The predicted molar refractivity (Wildman–Crippen MR) is 109 cm³/mol. The highest BCUT2D eigenvalue weighted by molar-refractivity contribution is 6.07. The van der Waals surface area contributed by atoms with Crippen molar-refractivity contribution in [1.29, 1.82) is 0 Å². The van der Waals surface area contributed by atoms with Gasteiger partial charge in [-0.15, -0.1) is 0 Å². The molecule has 4 rings (SSSR count). The number of imide groups is 1. The molecular formula is C23H20F2N2O4. The molecule has 1 fully saturated rings. The zero-order chi connectivity index (χ0) is 22.2. The van der Waals surface area contributed by atoms with E-state index in [-0.39, 0.29) is 18.7 Å². The number of benzene rings is 3. The number of hydrogen-bond donors (Lipinski definition) is 2. The highest BCUT2D eigenvalue weighted by Gasteiger charge is 2.50. The van der Waals surface area contributed by atoms with Crippen LogP contribution in [0.25, 0.3) is 10.8 Å². The Labute approximate surface area is 177 Å². The van der Waals surface area contributed by atoms with Gasteiger partial charge in [0, 0.05) is 5.56 Å². The van der Waals surface area contributed by atoms with Gasteiger partial charge in [0.15, 0.2) is 0 Å². The van der Waals surface area contributed by atoms with Crippen molar-refractivity contribution in [3.63, 3.8) is 0 Å². The molecule has 1 heterocycles. The Kier molecular flexibility index (Phi) is 5.32. The van der Waals surface area contributed by atoms with E-state index in [1.54, 1.807) is 6.07 Å². The number of ether oxygens (including phenoxy) is 1. The van der Waals surface area contributed by atoms with Crippen molar-refractivity contribution in [1.82, 2.24) is 10.2 Å². The number of halogens is 2. The van der Waals surface area contributed by atoms with Gasteiger partial charge < -0.3 is 15.2 Å². The highest BCUT2D eigenvalue weighted by atomic mass is 19.1. The van der Waals surface area contributed by atoms with Crippen molar-refractivity contribution in [2.45, 2.75) is 18.6 Å². The summed E-state index contributed by atoms with van der Waals surface area (Å²) in [6.07, 6.45) is -1.18. The van der Waals surface area contributed by atoms with Crippen molar-refractivity contribution >= 4 is 22.7 Å². The van der Waals surface area contributed by atoms with Crippen LogP contribution in [-0.4, -0.2) is 41.2 Å². The molecular weight excluding hydrogens is 406 g/mol. The van der Waals surface area contributed by atoms with Crippen LogP contribution in [0.3, 0.4) is 0 Å². The zero-order valence-corrected chi connectivity index (χ0v) is 16.6. The van der Waals surface area contributed by atoms with Gasteiger partial charge in [0.05, 0.1) is 6.54 Å². The van der Waals surface area contributed by atoms with Crippen molar-refractivity contribution in [3.8, 4) is 5.75 Å². The number of hydrogen-bond acceptors (Lipinski definition) is 4. The molecule has 31 heavy (non-hydrogen) atoms. The maximum Gasteiger partial charge on any atom is 0.325 e. The van der Waals surface area contributed by atoms with Crippen LogP contribution < -0.4 is 10.1 Å². The highest BCUT2D eigenvalue weighted by Crippen LogP contribution is 2.31. The molecule has 1 aliphatic heterocycles. The fraction of sp³-hybridized carbons (Fsp3) is 0.217. The van der Waals surface area contributed by atoms with E-state index in [2.05, 4.69) is 5.32 Å². The molecule has 6 nitrogen and oxygen atoms in total. The first-order valence-electron chi connectivity index (χ1n) is 9.67. The maximum absolute atomic E-state index is 14.2. The molecule has 3 aromatic carbocycles. The average Bonchev–Trinajstić information content (AvgIpc) is 2.97. The topological polar surface area (TPSA) is 78.9 Å². The number of fused-ring (bicyclic) bond motifs is 1. The van der Waals surface area contributed by atoms with Gasteiger partial charge in [-0.25, -0.2) is 13.6 Å². The van der Waals surface area contributed by atoms with E-state index in [1.807, 2.05) is 36.4 Å². The zero-order valence-electron chi connectivity index (χ0n) is 16.6. The number of aliphatic hydroxyl groups excluding tert-OH is 1. The fourth-order valence-corrected chi connectivity index (χ4v) is 3.64. The first-order chi connectivity index (χ1) is 14.8. The van der Waals surface area contributed by atoms with Crippen LogP contribution in [0, 0.1) is 11.6 Å². The van der Waals surface area contributed by atoms with Gasteiger partial charge in [-0.05, 0) is 48.0 Å². The monoisotopic (exact) mass is 426 g/mol. The van der Waals surface area contributed by atoms with Gasteiger partial charge in [0.2, 0.25) is 0 Å². The number of aliphatic hydroxyl groups is 1. The third kappa shape index (κ3) is 3.94. The van der Waals surface area contributed by atoms with Crippen molar-refractivity contribution in [3.05, 3.63) is 77.9 Å². The molecule has 0 spiro atoms. The number of nitrogens with zero attached hydrogens (tertiary/aromatic N) is 1. The molecule has 2 N–H and O–H groups in total. The summed E-state index contributed by atoms with van der Waals surface area (Å²) < 4.78 is 33.4. The minimum Gasteiger partial charge on any atom is -0.491 e. The molecule has 160 valence electrons. The van der Waals surface area contributed by atoms with E-state index in [1.165, 1.54) is 6.92 Å². The summed E-state index contributed by atoms with van der Waals surface area (Å²) in [5, 5.41) is 14.7. The minimum atomic E-state index is -1.78. The Hall–Kier alpha value is -3.52. The number of rotatable bonds is 6. The summed E-state index contributed by atoms with van der Waals surface area (Å²) in [6.45, 7) is 0.772. The summed E-state index contributed by atoms with van der Waals surface area (Å²) >= 11 is 0. The van der Waals surface area contributed by atoms with Crippen LogP contribution >= 0.6 is 0 Å². The van der Waals surface area contributed by atoms with Crippen LogP contribution in [0.4, 0.5) is 13.6 Å². The Balaban J connectivity index is 1.44. The first-order valence-corrected chi connectivity index (χ1v) is 9.67. The Morgan fingerprint density at radius 3 is 2.58 bits per heavy atom. The molecule has 0 aliphatic carbocycles. The third-order valence-electron chi connectivity index (χ3n) is 5.30. The minimum absolute atomic E-state index is 0.166. The molecule has 0 radical (unpaired) electrons. The summed E-state index contributed by atoms with van der Waals surface area (Å²) in [7, 11) is 0. The molecule has 1 aliphatic rings. The smallest absolute Gasteiger partial charge is 0.325 e. The van der Waals surface area contributed by atoms with Crippen molar-refractivity contribution in [2.75, 3.05) is 13.2 Å². The van der Waals surface area contributed by atoms with Crippen LogP contribution in [0.1, 0.15) is 12.5 Å². The van der Waals surface area contributed by atoms with Gasteiger partial charge in [0.25, 0.3) is 5.91 Å². The normalized spacial score (nSPS) is 19.5. The van der Waals surface area contributed by atoms with E-state index in [4.69, 9.17) is 4.74 Å². The fourth-order valence-electron chi connectivity index (χ4n) is 3.64. The van der Waals surface area contributed by atoms with Crippen molar-refractivity contribution < 1.29 is 28.2 Å². The molecule has 0 bridgehead atoms. The van der Waals surface area contributed by atoms with Gasteiger partial charge in [0.1, 0.15) is 35.6 Å². The number of nitrogens with one attached hydrogen (secondary N) is 1. The lowest BCUT2D eigenvalue weighted by molar-refractivity contribution is -0.132. The maximum atomic E-state index is 14.2. The average molecular weight is 426 g/mol. The van der Waals surface area contributed by atoms with Crippen LogP contribution in [0.2, 0.25) is 0 Å². The van der Waals surface area contributed by atoms with Gasteiger partial charge in [-0.2, -0.15) is 0 Å². The number of β-amino-alcohol motifs (C(OH)–C–C–N with tert-alkyl or cyclic N) is 1. The number of carbonyl (C=O) groups excluding carboxylic acids is 2. The van der Waals surface area contributed by atoms with Crippen LogP contribution in [0.15, 0.2) is 60.7 Å².